The molecule has 3 aromatic rings. The fraction of sp³-hybridized carbons (Fsp3) is 0.345. The normalized spacial score (nSPS) is 13.5. The summed E-state index contributed by atoms with van der Waals surface area (Å²) in [5.74, 6) is -1.06. The zero-order chi connectivity index (χ0) is 29.7. The first-order valence-corrected chi connectivity index (χ1v) is 15.7. The molecule has 0 saturated heterocycles. The lowest BCUT2D eigenvalue weighted by Crippen LogP contribution is -2.39. The SMILES string of the molecule is CCN(CC)S(=O)(=O)c1ccc(C(=O)Nc2sc3c(c2C(=O)NC(=O)N(C)C)CCN(Cc2ccccc2)C3)cc1. The maximum absolute atomic E-state index is 13.3. The van der Waals surface area contributed by atoms with Gasteiger partial charge in [-0.05, 0) is 41.8 Å². The smallest absolute Gasteiger partial charge is 0.323 e. The highest BCUT2D eigenvalue weighted by Gasteiger charge is 2.30. The number of sulfonamides is 1. The molecule has 2 heterocycles. The van der Waals surface area contributed by atoms with E-state index in [1.807, 2.05) is 18.2 Å². The van der Waals surface area contributed by atoms with Gasteiger partial charge in [-0.15, -0.1) is 11.3 Å². The predicted molar refractivity (Wildman–Crippen MR) is 160 cm³/mol. The highest BCUT2D eigenvalue weighted by atomic mass is 32.2. The summed E-state index contributed by atoms with van der Waals surface area (Å²) in [6.45, 7) is 6.29. The van der Waals surface area contributed by atoms with E-state index in [1.165, 1.54) is 50.4 Å². The van der Waals surface area contributed by atoms with Gasteiger partial charge >= 0.3 is 6.03 Å². The van der Waals surface area contributed by atoms with Crippen LogP contribution in [0.25, 0.3) is 0 Å². The van der Waals surface area contributed by atoms with Crippen molar-refractivity contribution in [3.8, 4) is 0 Å². The van der Waals surface area contributed by atoms with E-state index >= 15 is 0 Å². The second kappa shape index (κ2) is 12.9. The van der Waals surface area contributed by atoms with E-state index in [0.29, 0.717) is 31.1 Å². The van der Waals surface area contributed by atoms with E-state index in [-0.39, 0.29) is 16.0 Å². The molecule has 0 aliphatic carbocycles. The maximum Gasteiger partial charge on any atom is 0.323 e. The molecule has 1 aliphatic heterocycles. The van der Waals surface area contributed by atoms with Gasteiger partial charge in [0.2, 0.25) is 10.0 Å². The maximum atomic E-state index is 13.3. The summed E-state index contributed by atoms with van der Waals surface area (Å²) in [7, 11) is -0.576. The minimum atomic E-state index is -3.66. The van der Waals surface area contributed by atoms with Gasteiger partial charge in [-0.2, -0.15) is 4.31 Å². The van der Waals surface area contributed by atoms with Crippen molar-refractivity contribution in [3.63, 3.8) is 0 Å². The molecule has 10 nitrogen and oxygen atoms in total. The standard InChI is InChI=1S/C29H35N5O5S2/c1-5-34(6-2)41(38,39)22-14-12-21(13-15-22)26(35)30-28-25(27(36)31-29(37)32(3)4)23-16-17-33(19-24(23)40-28)18-20-10-8-7-9-11-20/h7-15H,5-6,16-19H2,1-4H3,(H,30,35)(H,31,36,37). The number of thiophene rings is 1. The Balaban J connectivity index is 1.60. The number of imide groups is 1. The number of benzene rings is 2. The molecule has 0 unspecified atom stereocenters. The first kappa shape index (κ1) is 30.4. The summed E-state index contributed by atoms with van der Waals surface area (Å²) in [4.78, 5) is 43.4. The number of rotatable bonds is 9. The summed E-state index contributed by atoms with van der Waals surface area (Å²) >= 11 is 1.32. The molecule has 2 aromatic carbocycles. The Morgan fingerprint density at radius 3 is 2.22 bits per heavy atom. The van der Waals surface area contributed by atoms with Crippen molar-refractivity contribution in [2.24, 2.45) is 0 Å². The summed E-state index contributed by atoms with van der Waals surface area (Å²) in [6, 6.07) is 15.3. The zero-order valence-electron chi connectivity index (χ0n) is 23.6. The van der Waals surface area contributed by atoms with Crippen LogP contribution in [0.5, 0.6) is 0 Å². The number of amides is 4. The minimum Gasteiger partial charge on any atom is -0.331 e. The molecule has 218 valence electrons. The van der Waals surface area contributed by atoms with Crippen molar-refractivity contribution in [1.82, 2.24) is 19.4 Å². The van der Waals surface area contributed by atoms with E-state index in [2.05, 4.69) is 27.7 Å². The number of hydrogen-bond donors (Lipinski definition) is 2. The Morgan fingerprint density at radius 2 is 1.61 bits per heavy atom. The predicted octanol–water partition coefficient (Wildman–Crippen LogP) is 4.00. The van der Waals surface area contributed by atoms with Crippen LogP contribution in [0, 0.1) is 0 Å². The Bertz CT molecular complexity index is 1510. The third-order valence-electron chi connectivity index (χ3n) is 6.93. The highest BCUT2D eigenvalue weighted by molar-refractivity contribution is 7.89. The molecule has 1 aliphatic rings. The number of urea groups is 1. The van der Waals surface area contributed by atoms with Crippen LogP contribution in [-0.2, 0) is 29.5 Å². The molecular formula is C29H35N5O5S2. The van der Waals surface area contributed by atoms with Crippen molar-refractivity contribution < 1.29 is 22.8 Å². The van der Waals surface area contributed by atoms with Gasteiger partial charge in [0.1, 0.15) is 5.00 Å². The van der Waals surface area contributed by atoms with Gasteiger partial charge in [0, 0.05) is 57.3 Å². The average Bonchev–Trinajstić information content (AvgIpc) is 3.31. The van der Waals surface area contributed by atoms with Gasteiger partial charge in [0.15, 0.2) is 0 Å². The van der Waals surface area contributed by atoms with Crippen LogP contribution in [-0.4, -0.2) is 74.1 Å². The number of nitrogens with one attached hydrogen (secondary N) is 2. The Hall–Kier alpha value is -3.58. The Morgan fingerprint density at radius 1 is 0.951 bits per heavy atom. The number of carbonyl (C=O) groups excluding carboxylic acids is 3. The van der Waals surface area contributed by atoms with Crippen LogP contribution in [0.4, 0.5) is 9.80 Å². The van der Waals surface area contributed by atoms with Crippen molar-refractivity contribution in [2.75, 3.05) is 39.0 Å². The number of anilines is 1. The van der Waals surface area contributed by atoms with Crippen LogP contribution in [0.15, 0.2) is 59.5 Å². The second-order valence-corrected chi connectivity index (χ2v) is 12.9. The van der Waals surface area contributed by atoms with Gasteiger partial charge in [0.05, 0.1) is 10.5 Å². The van der Waals surface area contributed by atoms with E-state index in [4.69, 9.17) is 0 Å². The van der Waals surface area contributed by atoms with Gasteiger partial charge < -0.3 is 10.2 Å². The number of fused-ring (bicyclic) bond motifs is 1. The molecule has 12 heteroatoms. The van der Waals surface area contributed by atoms with Crippen LogP contribution in [0.3, 0.4) is 0 Å². The molecule has 0 bridgehead atoms. The fourth-order valence-corrected chi connectivity index (χ4v) is 7.44. The molecule has 0 saturated carbocycles. The highest BCUT2D eigenvalue weighted by Crippen LogP contribution is 2.38. The third-order valence-corrected chi connectivity index (χ3v) is 10.1. The molecule has 0 atom stereocenters. The van der Waals surface area contributed by atoms with Crippen molar-refractivity contribution in [1.29, 1.82) is 0 Å². The van der Waals surface area contributed by atoms with Crippen LogP contribution >= 0.6 is 11.3 Å². The van der Waals surface area contributed by atoms with E-state index in [1.54, 1.807) is 27.9 Å². The van der Waals surface area contributed by atoms with Crippen LogP contribution in [0.1, 0.15) is 50.6 Å². The van der Waals surface area contributed by atoms with E-state index in [0.717, 1.165) is 23.5 Å². The van der Waals surface area contributed by atoms with Gasteiger partial charge in [-0.1, -0.05) is 44.2 Å². The molecule has 0 radical (unpaired) electrons. The van der Waals surface area contributed by atoms with Crippen molar-refractivity contribution >= 4 is 44.2 Å². The Kier molecular flexibility index (Phi) is 9.59. The molecule has 1 aromatic heterocycles. The average molecular weight is 598 g/mol. The summed E-state index contributed by atoms with van der Waals surface area (Å²) in [6.07, 6.45) is 0.589. The lowest BCUT2D eigenvalue weighted by atomic mass is 10.0. The monoisotopic (exact) mass is 597 g/mol. The number of nitrogens with zero attached hydrogens (tertiary/aromatic N) is 3. The summed E-state index contributed by atoms with van der Waals surface area (Å²) in [5, 5.41) is 5.60. The quantitative estimate of drug-likeness (QED) is 0.385. The topological polar surface area (TPSA) is 119 Å². The van der Waals surface area contributed by atoms with E-state index in [9.17, 15) is 22.8 Å². The summed E-state index contributed by atoms with van der Waals surface area (Å²) in [5.41, 5.74) is 2.53. The first-order valence-electron chi connectivity index (χ1n) is 13.4. The van der Waals surface area contributed by atoms with Gasteiger partial charge in [-0.25, -0.2) is 13.2 Å². The molecule has 2 N–H and O–H groups in total. The third kappa shape index (κ3) is 6.84. The molecule has 4 rings (SSSR count). The number of carbonyl (C=O) groups is 3. The van der Waals surface area contributed by atoms with Crippen molar-refractivity contribution in [3.05, 3.63) is 81.7 Å². The molecular weight excluding hydrogens is 562 g/mol. The summed E-state index contributed by atoms with van der Waals surface area (Å²) < 4.78 is 27.0. The molecule has 4 amide bonds. The lowest BCUT2D eigenvalue weighted by Gasteiger charge is -2.27. The van der Waals surface area contributed by atoms with Crippen LogP contribution in [0.2, 0.25) is 0 Å². The molecule has 0 spiro atoms. The van der Waals surface area contributed by atoms with Crippen LogP contribution < -0.4 is 10.6 Å². The zero-order valence-corrected chi connectivity index (χ0v) is 25.3. The fourth-order valence-electron chi connectivity index (χ4n) is 4.70. The molecule has 41 heavy (non-hydrogen) atoms. The van der Waals surface area contributed by atoms with Gasteiger partial charge in [0.25, 0.3) is 11.8 Å². The van der Waals surface area contributed by atoms with Gasteiger partial charge in [-0.3, -0.25) is 19.8 Å². The molecule has 0 fully saturated rings. The van der Waals surface area contributed by atoms with Crippen molar-refractivity contribution in [2.45, 2.75) is 38.3 Å². The first-order chi connectivity index (χ1) is 19.5. The van der Waals surface area contributed by atoms with E-state index < -0.39 is 27.9 Å². The number of hydrogen-bond acceptors (Lipinski definition) is 7. The Labute approximate surface area is 245 Å². The second-order valence-electron chi connectivity index (χ2n) is 9.88. The minimum absolute atomic E-state index is 0.102. The lowest BCUT2D eigenvalue weighted by molar-refractivity contribution is 0.0956. The largest absolute Gasteiger partial charge is 0.331 e.